The molecule has 1 aromatic heterocycles. The van der Waals surface area contributed by atoms with Crippen molar-refractivity contribution in [1.82, 2.24) is 9.88 Å². The Labute approximate surface area is 148 Å². The molecule has 0 aliphatic carbocycles. The quantitative estimate of drug-likeness (QED) is 0.901. The number of benzene rings is 1. The largest absolute Gasteiger partial charge is 0.383 e. The van der Waals surface area contributed by atoms with Crippen LogP contribution in [0, 0.1) is 11.7 Å². The third-order valence-corrected chi connectivity index (χ3v) is 4.73. The van der Waals surface area contributed by atoms with Crippen LogP contribution in [0.15, 0.2) is 42.6 Å². The Hall–Kier alpha value is -2.43. The highest BCUT2D eigenvalue weighted by atomic mass is 19.1. The molecule has 1 N–H and O–H groups in total. The molecule has 0 saturated carbocycles. The van der Waals surface area contributed by atoms with Crippen LogP contribution in [0.4, 0.5) is 10.1 Å². The third-order valence-electron chi connectivity index (χ3n) is 4.73. The summed E-state index contributed by atoms with van der Waals surface area (Å²) in [5.41, 5.74) is 2.00. The van der Waals surface area contributed by atoms with Crippen molar-refractivity contribution >= 4 is 11.6 Å². The van der Waals surface area contributed by atoms with Crippen LogP contribution in [0.5, 0.6) is 0 Å². The Balaban J connectivity index is 1.52. The summed E-state index contributed by atoms with van der Waals surface area (Å²) in [6, 6.07) is 10.4. The first kappa shape index (κ1) is 17.4. The van der Waals surface area contributed by atoms with Crippen molar-refractivity contribution in [1.29, 1.82) is 0 Å². The van der Waals surface area contributed by atoms with E-state index in [9.17, 15) is 9.18 Å². The van der Waals surface area contributed by atoms with Crippen molar-refractivity contribution in [2.24, 2.45) is 5.92 Å². The highest BCUT2D eigenvalue weighted by Gasteiger charge is 2.22. The van der Waals surface area contributed by atoms with E-state index in [2.05, 4.69) is 17.2 Å². The average molecular weight is 341 g/mol. The molecule has 1 saturated heterocycles. The summed E-state index contributed by atoms with van der Waals surface area (Å²) >= 11 is 0. The van der Waals surface area contributed by atoms with Crippen molar-refractivity contribution in [2.45, 2.75) is 26.2 Å². The van der Waals surface area contributed by atoms with Crippen LogP contribution in [0.1, 0.15) is 35.8 Å². The summed E-state index contributed by atoms with van der Waals surface area (Å²) in [5, 5.41) is 3.22. The minimum atomic E-state index is -0.181. The number of carbonyl (C=O) groups is 1. The van der Waals surface area contributed by atoms with E-state index in [0.717, 1.165) is 31.6 Å². The van der Waals surface area contributed by atoms with E-state index < -0.39 is 0 Å². The molecule has 2 heterocycles. The number of nitrogens with zero attached hydrogens (tertiary/aromatic N) is 2. The highest BCUT2D eigenvalue weighted by molar-refractivity contribution is 5.92. The summed E-state index contributed by atoms with van der Waals surface area (Å²) in [7, 11) is 0. The van der Waals surface area contributed by atoms with Gasteiger partial charge in [0.05, 0.1) is 11.9 Å². The second-order valence-corrected chi connectivity index (χ2v) is 6.68. The van der Waals surface area contributed by atoms with Gasteiger partial charge in [0.2, 0.25) is 0 Å². The number of likely N-dealkylation sites (tertiary alicyclic amines) is 1. The van der Waals surface area contributed by atoms with Crippen molar-refractivity contribution in [3.8, 4) is 0 Å². The lowest BCUT2D eigenvalue weighted by atomic mass is 9.99. The molecule has 2 aromatic rings. The molecule has 1 amide bonds. The van der Waals surface area contributed by atoms with Crippen LogP contribution in [-0.2, 0) is 6.42 Å². The summed E-state index contributed by atoms with van der Waals surface area (Å²) in [6.07, 6.45) is 4.38. The number of halogens is 1. The Kier molecular flexibility index (Phi) is 5.64. The number of amides is 1. The van der Waals surface area contributed by atoms with Gasteiger partial charge in [-0.1, -0.05) is 25.1 Å². The van der Waals surface area contributed by atoms with E-state index >= 15 is 0 Å². The van der Waals surface area contributed by atoms with Crippen LogP contribution in [0.3, 0.4) is 0 Å². The van der Waals surface area contributed by atoms with Crippen molar-refractivity contribution in [3.63, 3.8) is 0 Å². The fourth-order valence-corrected chi connectivity index (χ4v) is 3.04. The van der Waals surface area contributed by atoms with Gasteiger partial charge in [-0.15, -0.1) is 0 Å². The van der Waals surface area contributed by atoms with Gasteiger partial charge in [0.25, 0.3) is 5.91 Å². The standard InChI is InChI=1S/C20H24FN3O/c1-15-9-12-24(13-10-15)20(25)19-7-6-17(14-23-19)22-11-8-16-4-2-3-5-18(16)21/h2-7,14-15,22H,8-13H2,1H3. The first-order valence-electron chi connectivity index (χ1n) is 8.86. The molecule has 25 heavy (non-hydrogen) atoms. The predicted octanol–water partition coefficient (Wildman–Crippen LogP) is 3.75. The first-order chi connectivity index (χ1) is 12.1. The van der Waals surface area contributed by atoms with Gasteiger partial charge in [-0.3, -0.25) is 4.79 Å². The second-order valence-electron chi connectivity index (χ2n) is 6.68. The Morgan fingerprint density at radius 2 is 2.00 bits per heavy atom. The molecule has 1 aromatic carbocycles. The van der Waals surface area contributed by atoms with Gasteiger partial charge < -0.3 is 10.2 Å². The maximum atomic E-state index is 13.6. The van der Waals surface area contributed by atoms with Gasteiger partial charge in [-0.2, -0.15) is 0 Å². The average Bonchev–Trinajstić information content (AvgIpc) is 2.64. The van der Waals surface area contributed by atoms with E-state index in [-0.39, 0.29) is 11.7 Å². The number of rotatable bonds is 5. The lowest BCUT2D eigenvalue weighted by Crippen LogP contribution is -2.38. The zero-order valence-electron chi connectivity index (χ0n) is 14.5. The zero-order valence-corrected chi connectivity index (χ0v) is 14.5. The van der Waals surface area contributed by atoms with E-state index in [4.69, 9.17) is 0 Å². The van der Waals surface area contributed by atoms with Gasteiger partial charge in [0, 0.05) is 19.6 Å². The van der Waals surface area contributed by atoms with Gasteiger partial charge in [-0.05, 0) is 48.9 Å². The van der Waals surface area contributed by atoms with Crippen LogP contribution < -0.4 is 5.32 Å². The fraction of sp³-hybridized carbons (Fsp3) is 0.400. The normalized spacial score (nSPS) is 15.2. The molecule has 0 spiro atoms. The maximum Gasteiger partial charge on any atom is 0.272 e. The number of pyridine rings is 1. The number of nitrogens with one attached hydrogen (secondary N) is 1. The zero-order chi connectivity index (χ0) is 17.6. The molecule has 1 aliphatic rings. The summed E-state index contributed by atoms with van der Waals surface area (Å²) in [4.78, 5) is 18.6. The highest BCUT2D eigenvalue weighted by Crippen LogP contribution is 2.18. The number of anilines is 1. The molecule has 0 bridgehead atoms. The number of carbonyl (C=O) groups excluding carboxylic acids is 1. The molecule has 1 aliphatic heterocycles. The number of hydrogen-bond acceptors (Lipinski definition) is 3. The molecular weight excluding hydrogens is 317 g/mol. The first-order valence-corrected chi connectivity index (χ1v) is 8.86. The van der Waals surface area contributed by atoms with Crippen LogP contribution in [0.2, 0.25) is 0 Å². The lowest BCUT2D eigenvalue weighted by molar-refractivity contribution is 0.0691. The molecule has 0 radical (unpaired) electrons. The summed E-state index contributed by atoms with van der Waals surface area (Å²) in [5.74, 6) is 0.516. The van der Waals surface area contributed by atoms with Gasteiger partial charge in [0.1, 0.15) is 11.5 Å². The van der Waals surface area contributed by atoms with Gasteiger partial charge >= 0.3 is 0 Å². The Morgan fingerprint density at radius 1 is 1.24 bits per heavy atom. The molecule has 4 nitrogen and oxygen atoms in total. The maximum absolute atomic E-state index is 13.6. The Bertz CT molecular complexity index is 709. The van der Waals surface area contributed by atoms with Crippen molar-refractivity contribution < 1.29 is 9.18 Å². The van der Waals surface area contributed by atoms with E-state index in [1.165, 1.54) is 6.07 Å². The van der Waals surface area contributed by atoms with Crippen LogP contribution in [0.25, 0.3) is 0 Å². The summed E-state index contributed by atoms with van der Waals surface area (Å²) in [6.45, 7) is 4.45. The molecule has 0 unspecified atom stereocenters. The molecule has 132 valence electrons. The molecule has 1 fully saturated rings. The molecular formula is C20H24FN3O. The summed E-state index contributed by atoms with van der Waals surface area (Å²) < 4.78 is 13.6. The van der Waals surface area contributed by atoms with E-state index in [0.29, 0.717) is 30.1 Å². The van der Waals surface area contributed by atoms with Gasteiger partial charge in [0.15, 0.2) is 0 Å². The third kappa shape index (κ3) is 4.56. The fourth-order valence-electron chi connectivity index (χ4n) is 3.04. The molecule has 0 atom stereocenters. The SMILES string of the molecule is CC1CCN(C(=O)c2ccc(NCCc3ccccc3F)cn2)CC1. The van der Waals surface area contributed by atoms with Crippen molar-refractivity contribution in [3.05, 3.63) is 59.7 Å². The lowest BCUT2D eigenvalue weighted by Gasteiger charge is -2.30. The van der Waals surface area contributed by atoms with Crippen molar-refractivity contribution in [2.75, 3.05) is 25.0 Å². The van der Waals surface area contributed by atoms with Gasteiger partial charge in [-0.25, -0.2) is 9.37 Å². The molecule has 3 rings (SSSR count). The molecule has 5 heteroatoms. The minimum Gasteiger partial charge on any atom is -0.383 e. The number of hydrogen-bond donors (Lipinski definition) is 1. The number of piperidine rings is 1. The Morgan fingerprint density at radius 3 is 2.68 bits per heavy atom. The topological polar surface area (TPSA) is 45.2 Å². The monoisotopic (exact) mass is 341 g/mol. The second kappa shape index (κ2) is 8.10. The van der Waals surface area contributed by atoms with Crippen LogP contribution >= 0.6 is 0 Å². The van der Waals surface area contributed by atoms with E-state index in [1.54, 1.807) is 24.4 Å². The van der Waals surface area contributed by atoms with E-state index in [1.807, 2.05) is 17.0 Å². The minimum absolute atomic E-state index is 0.00445. The van der Waals surface area contributed by atoms with Crippen LogP contribution in [-0.4, -0.2) is 35.4 Å². The smallest absolute Gasteiger partial charge is 0.272 e. The number of aromatic nitrogens is 1. The predicted molar refractivity (Wildman–Crippen MR) is 97.1 cm³/mol.